The topological polar surface area (TPSA) is 72.9 Å². The Bertz CT molecular complexity index is 352. The highest BCUT2D eigenvalue weighted by Gasteiger charge is 2.23. The fourth-order valence-electron chi connectivity index (χ4n) is 2.36. The molecule has 1 aliphatic rings. The molecule has 1 rings (SSSR count). The Morgan fingerprint density at radius 3 is 2.60 bits per heavy atom. The quantitative estimate of drug-likeness (QED) is 0.713. The second-order valence-corrected chi connectivity index (χ2v) is 5.49. The summed E-state index contributed by atoms with van der Waals surface area (Å²) in [6, 6.07) is -1.24. The van der Waals surface area contributed by atoms with Crippen molar-refractivity contribution in [3.8, 4) is 0 Å². The van der Waals surface area contributed by atoms with E-state index in [-0.39, 0.29) is 12.5 Å². The third-order valence-corrected chi connectivity index (χ3v) is 3.72. The molecule has 0 spiro atoms. The number of nitrogens with zero attached hydrogens (tertiary/aromatic N) is 2. The van der Waals surface area contributed by atoms with Crippen LogP contribution in [0.5, 0.6) is 0 Å². The van der Waals surface area contributed by atoms with Crippen molar-refractivity contribution in [1.82, 2.24) is 15.1 Å². The highest BCUT2D eigenvalue weighted by Crippen LogP contribution is 2.16. The van der Waals surface area contributed by atoms with Gasteiger partial charge in [-0.3, -0.25) is 0 Å². The van der Waals surface area contributed by atoms with Gasteiger partial charge in [0.1, 0.15) is 6.04 Å². The number of amides is 2. The molecule has 0 aromatic carbocycles. The van der Waals surface area contributed by atoms with Crippen LogP contribution in [0.15, 0.2) is 12.7 Å². The minimum absolute atomic E-state index is 0.225. The maximum absolute atomic E-state index is 12.0. The van der Waals surface area contributed by atoms with Gasteiger partial charge in [-0.05, 0) is 45.3 Å². The molecule has 0 saturated carbocycles. The van der Waals surface area contributed by atoms with E-state index in [2.05, 4.69) is 23.8 Å². The number of piperidine rings is 1. The molecule has 0 aromatic heterocycles. The van der Waals surface area contributed by atoms with E-state index in [0.717, 1.165) is 25.9 Å². The monoisotopic (exact) mass is 283 g/mol. The van der Waals surface area contributed by atoms with Gasteiger partial charge >= 0.3 is 12.0 Å². The zero-order valence-electron chi connectivity index (χ0n) is 12.3. The molecule has 2 N–H and O–H groups in total. The Labute approximate surface area is 120 Å². The lowest BCUT2D eigenvalue weighted by Gasteiger charge is -2.32. The molecule has 0 aromatic rings. The summed E-state index contributed by atoms with van der Waals surface area (Å²) < 4.78 is 0. The molecule has 2 amide bonds. The number of urea groups is 1. The van der Waals surface area contributed by atoms with Gasteiger partial charge in [-0.15, -0.1) is 6.58 Å². The van der Waals surface area contributed by atoms with Crippen LogP contribution in [-0.2, 0) is 4.79 Å². The first-order valence-corrected chi connectivity index (χ1v) is 6.98. The SMILES string of the molecule is C=CCC(NC(=O)N(C)CC1CCN(C)CC1)C(=O)O. The lowest BCUT2D eigenvalue weighted by atomic mass is 9.97. The average molecular weight is 283 g/mol. The largest absolute Gasteiger partial charge is 0.480 e. The fraction of sp³-hybridized carbons (Fsp3) is 0.714. The molecule has 1 heterocycles. The molecular weight excluding hydrogens is 258 g/mol. The van der Waals surface area contributed by atoms with Crippen molar-refractivity contribution >= 4 is 12.0 Å². The average Bonchev–Trinajstić information content (AvgIpc) is 2.40. The van der Waals surface area contributed by atoms with Gasteiger partial charge in [0, 0.05) is 13.6 Å². The Kier molecular flexibility index (Phi) is 6.51. The van der Waals surface area contributed by atoms with Crippen molar-refractivity contribution in [1.29, 1.82) is 0 Å². The molecule has 20 heavy (non-hydrogen) atoms. The predicted octanol–water partition coefficient (Wildman–Crippen LogP) is 0.999. The van der Waals surface area contributed by atoms with Gasteiger partial charge in [0.25, 0.3) is 0 Å². The molecular formula is C14H25N3O3. The Morgan fingerprint density at radius 1 is 1.50 bits per heavy atom. The van der Waals surface area contributed by atoms with Crippen LogP contribution in [0.25, 0.3) is 0 Å². The van der Waals surface area contributed by atoms with Crippen LogP contribution >= 0.6 is 0 Å². The maximum Gasteiger partial charge on any atom is 0.326 e. The molecule has 1 unspecified atom stereocenters. The van der Waals surface area contributed by atoms with E-state index in [9.17, 15) is 9.59 Å². The van der Waals surface area contributed by atoms with Gasteiger partial charge < -0.3 is 20.2 Å². The van der Waals surface area contributed by atoms with E-state index in [1.54, 1.807) is 11.9 Å². The maximum atomic E-state index is 12.0. The van der Waals surface area contributed by atoms with E-state index in [4.69, 9.17) is 5.11 Å². The molecule has 114 valence electrons. The van der Waals surface area contributed by atoms with Crippen LogP contribution in [0.2, 0.25) is 0 Å². The van der Waals surface area contributed by atoms with Gasteiger partial charge in [0.2, 0.25) is 0 Å². The summed E-state index contributed by atoms with van der Waals surface area (Å²) in [5.74, 6) is -0.546. The Balaban J connectivity index is 2.41. The van der Waals surface area contributed by atoms with Crippen molar-refractivity contribution in [2.45, 2.75) is 25.3 Å². The summed E-state index contributed by atoms with van der Waals surface area (Å²) in [7, 11) is 3.81. The lowest BCUT2D eigenvalue weighted by molar-refractivity contribution is -0.139. The van der Waals surface area contributed by atoms with Crippen molar-refractivity contribution in [3.05, 3.63) is 12.7 Å². The first-order chi connectivity index (χ1) is 9.43. The van der Waals surface area contributed by atoms with Crippen molar-refractivity contribution < 1.29 is 14.7 Å². The molecule has 6 heteroatoms. The molecule has 1 aliphatic heterocycles. The number of hydrogen-bond acceptors (Lipinski definition) is 3. The Hall–Kier alpha value is -1.56. The highest BCUT2D eigenvalue weighted by molar-refractivity contribution is 5.82. The smallest absolute Gasteiger partial charge is 0.326 e. The summed E-state index contributed by atoms with van der Waals surface area (Å²) in [6.45, 7) is 6.27. The third kappa shape index (κ3) is 5.21. The van der Waals surface area contributed by atoms with E-state index in [1.165, 1.54) is 6.08 Å². The molecule has 0 bridgehead atoms. The second-order valence-electron chi connectivity index (χ2n) is 5.49. The number of nitrogens with one attached hydrogen (secondary N) is 1. The summed E-state index contributed by atoms with van der Waals surface area (Å²) in [4.78, 5) is 26.8. The molecule has 0 radical (unpaired) electrons. The number of carbonyl (C=O) groups is 2. The number of carboxylic acid groups (broad SMARTS) is 1. The van der Waals surface area contributed by atoms with Crippen LogP contribution in [0.1, 0.15) is 19.3 Å². The van der Waals surface area contributed by atoms with Crippen molar-refractivity contribution in [2.75, 3.05) is 33.7 Å². The minimum Gasteiger partial charge on any atom is -0.480 e. The summed E-state index contributed by atoms with van der Waals surface area (Å²) >= 11 is 0. The minimum atomic E-state index is -1.04. The highest BCUT2D eigenvalue weighted by atomic mass is 16.4. The summed E-state index contributed by atoms with van der Waals surface area (Å²) in [5.41, 5.74) is 0. The predicted molar refractivity (Wildman–Crippen MR) is 77.6 cm³/mol. The number of aliphatic carboxylic acids is 1. The van der Waals surface area contributed by atoms with E-state index in [1.807, 2.05) is 0 Å². The fourth-order valence-corrected chi connectivity index (χ4v) is 2.36. The Morgan fingerprint density at radius 2 is 2.10 bits per heavy atom. The summed E-state index contributed by atoms with van der Waals surface area (Å²) in [6.07, 6.45) is 3.87. The molecule has 1 saturated heterocycles. The number of carboxylic acids is 1. The first-order valence-electron chi connectivity index (χ1n) is 6.98. The number of hydrogen-bond donors (Lipinski definition) is 2. The van der Waals surface area contributed by atoms with Crippen molar-refractivity contribution in [3.63, 3.8) is 0 Å². The molecule has 6 nitrogen and oxygen atoms in total. The van der Waals surface area contributed by atoms with Gasteiger partial charge in [-0.1, -0.05) is 6.08 Å². The van der Waals surface area contributed by atoms with Crippen LogP contribution in [0, 0.1) is 5.92 Å². The molecule has 1 atom stereocenters. The van der Waals surface area contributed by atoms with Gasteiger partial charge in [0.05, 0.1) is 0 Å². The summed E-state index contributed by atoms with van der Waals surface area (Å²) in [5, 5.41) is 11.5. The van der Waals surface area contributed by atoms with E-state index in [0.29, 0.717) is 12.5 Å². The zero-order valence-corrected chi connectivity index (χ0v) is 12.3. The number of likely N-dealkylation sites (tertiary alicyclic amines) is 1. The van der Waals surface area contributed by atoms with Crippen LogP contribution in [0.3, 0.4) is 0 Å². The van der Waals surface area contributed by atoms with Crippen molar-refractivity contribution in [2.24, 2.45) is 5.92 Å². The molecule has 1 fully saturated rings. The van der Waals surface area contributed by atoms with E-state index < -0.39 is 12.0 Å². The number of rotatable bonds is 6. The zero-order chi connectivity index (χ0) is 15.1. The van der Waals surface area contributed by atoms with Gasteiger partial charge in [0.15, 0.2) is 0 Å². The molecule has 0 aliphatic carbocycles. The third-order valence-electron chi connectivity index (χ3n) is 3.72. The van der Waals surface area contributed by atoms with Crippen LogP contribution in [-0.4, -0.2) is 66.7 Å². The van der Waals surface area contributed by atoms with Gasteiger partial charge in [-0.25, -0.2) is 9.59 Å². The van der Waals surface area contributed by atoms with E-state index >= 15 is 0 Å². The lowest BCUT2D eigenvalue weighted by Crippen LogP contribution is -2.48. The number of carbonyl (C=O) groups excluding carboxylic acids is 1. The normalized spacial score (nSPS) is 18.3. The first kappa shape index (κ1) is 16.5. The second kappa shape index (κ2) is 7.89. The van der Waals surface area contributed by atoms with Crippen LogP contribution in [0.4, 0.5) is 4.79 Å². The van der Waals surface area contributed by atoms with Crippen LogP contribution < -0.4 is 5.32 Å². The van der Waals surface area contributed by atoms with Gasteiger partial charge in [-0.2, -0.15) is 0 Å². The standard InChI is InChI=1S/C14H25N3O3/c1-4-5-12(13(18)19)15-14(20)17(3)10-11-6-8-16(2)9-7-11/h4,11-12H,1,5-10H2,2-3H3,(H,15,20)(H,18,19).